The predicted molar refractivity (Wildman–Crippen MR) is 234 cm³/mol. The van der Waals surface area contributed by atoms with Gasteiger partial charge in [-0.15, -0.1) is 0 Å². The van der Waals surface area contributed by atoms with Gasteiger partial charge < -0.3 is 28.4 Å². The standard InChI is InChI=1S/C52H52O6/c1-5-33-53-41-21-13-37(14-22-41)51(38-15-23-42(24-16-38)54-34-6-2)31-29-47-48-30-32-52(39-17-25-43(26-18-39)55-35-7-3,40-19-27-44(28-20-40)56-36-8-4)58-50(48)46-12-10-9-11-45(46)49(47)57-51/h9-32H,5-8,33-36H2,1-4H3. The molecule has 2 aliphatic rings. The summed E-state index contributed by atoms with van der Waals surface area (Å²) in [5.41, 5.74) is 4.04. The summed E-state index contributed by atoms with van der Waals surface area (Å²) in [6.07, 6.45) is 12.5. The highest BCUT2D eigenvalue weighted by molar-refractivity contribution is 6.02. The first-order valence-corrected chi connectivity index (χ1v) is 20.8. The van der Waals surface area contributed by atoms with E-state index < -0.39 is 11.2 Å². The van der Waals surface area contributed by atoms with Crippen molar-refractivity contribution in [3.63, 3.8) is 0 Å². The van der Waals surface area contributed by atoms with E-state index in [1.54, 1.807) is 0 Å². The first kappa shape index (κ1) is 38.7. The first-order chi connectivity index (χ1) is 28.5. The molecule has 0 saturated carbocycles. The van der Waals surface area contributed by atoms with E-state index in [0.29, 0.717) is 26.4 Å². The Labute approximate surface area is 342 Å². The lowest BCUT2D eigenvalue weighted by Crippen LogP contribution is -2.36. The van der Waals surface area contributed by atoms with Gasteiger partial charge in [-0.2, -0.15) is 0 Å². The van der Waals surface area contributed by atoms with Crippen molar-refractivity contribution in [2.24, 2.45) is 0 Å². The maximum atomic E-state index is 7.44. The normalized spacial score (nSPS) is 14.5. The fourth-order valence-corrected chi connectivity index (χ4v) is 7.78. The third-order valence-corrected chi connectivity index (χ3v) is 10.7. The van der Waals surface area contributed by atoms with E-state index in [0.717, 1.165) is 104 Å². The maximum absolute atomic E-state index is 7.44. The molecule has 58 heavy (non-hydrogen) atoms. The lowest BCUT2D eigenvalue weighted by atomic mass is 9.80. The summed E-state index contributed by atoms with van der Waals surface area (Å²) in [7, 11) is 0. The van der Waals surface area contributed by atoms with Crippen LogP contribution in [0.1, 0.15) is 86.8 Å². The molecule has 6 heteroatoms. The highest BCUT2D eigenvalue weighted by Crippen LogP contribution is 2.53. The second kappa shape index (κ2) is 17.2. The molecule has 296 valence electrons. The summed E-state index contributed by atoms with van der Waals surface area (Å²) in [4.78, 5) is 0. The first-order valence-electron chi connectivity index (χ1n) is 20.8. The van der Waals surface area contributed by atoms with Crippen molar-refractivity contribution in [1.29, 1.82) is 0 Å². The Morgan fingerprint density at radius 2 is 0.655 bits per heavy atom. The molecule has 0 saturated heterocycles. The predicted octanol–water partition coefficient (Wildman–Crippen LogP) is 12.7. The molecule has 0 atom stereocenters. The highest BCUT2D eigenvalue weighted by atomic mass is 16.5. The number of ether oxygens (including phenoxy) is 6. The zero-order valence-electron chi connectivity index (χ0n) is 34.0. The van der Waals surface area contributed by atoms with E-state index in [9.17, 15) is 0 Å². The molecule has 0 radical (unpaired) electrons. The van der Waals surface area contributed by atoms with Gasteiger partial charge in [0, 0.05) is 44.2 Å². The van der Waals surface area contributed by atoms with Gasteiger partial charge in [0.05, 0.1) is 26.4 Å². The lowest BCUT2D eigenvalue weighted by Gasteiger charge is -2.40. The number of fused-ring (bicyclic) bond motifs is 6. The average molecular weight is 773 g/mol. The van der Waals surface area contributed by atoms with Crippen LogP contribution in [0, 0.1) is 0 Å². The fourth-order valence-electron chi connectivity index (χ4n) is 7.78. The van der Waals surface area contributed by atoms with Gasteiger partial charge in [-0.05, 0) is 98.5 Å². The van der Waals surface area contributed by atoms with Gasteiger partial charge in [-0.25, -0.2) is 0 Å². The number of rotatable bonds is 16. The third kappa shape index (κ3) is 7.40. The summed E-state index contributed by atoms with van der Waals surface area (Å²) in [6, 6.07) is 41.5. The molecule has 0 bridgehead atoms. The van der Waals surface area contributed by atoms with Crippen LogP contribution < -0.4 is 28.4 Å². The van der Waals surface area contributed by atoms with Crippen LogP contribution in [0.5, 0.6) is 34.5 Å². The Morgan fingerprint density at radius 3 is 0.914 bits per heavy atom. The molecule has 8 rings (SSSR count). The molecule has 2 heterocycles. The van der Waals surface area contributed by atoms with Crippen molar-refractivity contribution in [3.8, 4) is 34.5 Å². The largest absolute Gasteiger partial charge is 0.494 e. The minimum absolute atomic E-state index is 0.666. The van der Waals surface area contributed by atoms with Crippen LogP contribution in [0.25, 0.3) is 22.9 Å². The smallest absolute Gasteiger partial charge is 0.178 e. The fraction of sp³-hybridized carbons (Fsp3) is 0.269. The van der Waals surface area contributed by atoms with E-state index >= 15 is 0 Å². The SMILES string of the molecule is CCCOc1ccc(C2(c3ccc(OCCC)cc3)C=Cc3c4c(c5ccccc5c3O2)OC(c2ccc(OCCC)cc2)(c2ccc(OCCC)cc2)C=C4)cc1. The zero-order chi connectivity index (χ0) is 40.0. The van der Waals surface area contributed by atoms with Gasteiger partial charge in [-0.1, -0.05) is 100 Å². The molecular weight excluding hydrogens is 721 g/mol. The minimum atomic E-state index is -0.928. The molecule has 0 amide bonds. The summed E-state index contributed by atoms with van der Waals surface area (Å²) < 4.78 is 38.8. The van der Waals surface area contributed by atoms with E-state index in [2.05, 4.69) is 125 Å². The maximum Gasteiger partial charge on any atom is 0.178 e. The van der Waals surface area contributed by atoms with E-state index in [1.165, 1.54) is 0 Å². The highest BCUT2D eigenvalue weighted by Gasteiger charge is 2.42. The van der Waals surface area contributed by atoms with Crippen molar-refractivity contribution in [3.05, 3.63) is 167 Å². The molecule has 0 aromatic heterocycles. The van der Waals surface area contributed by atoms with Gasteiger partial charge in [-0.3, -0.25) is 0 Å². The topological polar surface area (TPSA) is 55.4 Å². The monoisotopic (exact) mass is 772 g/mol. The summed E-state index contributed by atoms with van der Waals surface area (Å²) >= 11 is 0. The van der Waals surface area contributed by atoms with Gasteiger partial charge in [0.2, 0.25) is 0 Å². The molecule has 0 unspecified atom stereocenters. The summed E-state index contributed by atoms with van der Waals surface area (Å²) in [5.74, 6) is 4.93. The Kier molecular flexibility index (Phi) is 11.5. The average Bonchev–Trinajstić information content (AvgIpc) is 3.29. The molecule has 0 spiro atoms. The summed E-state index contributed by atoms with van der Waals surface area (Å²) in [6.45, 7) is 11.1. The molecule has 0 aliphatic carbocycles. The van der Waals surface area contributed by atoms with Gasteiger partial charge in [0.1, 0.15) is 34.5 Å². The van der Waals surface area contributed by atoms with Crippen molar-refractivity contribution in [2.45, 2.75) is 64.6 Å². The second-order valence-corrected chi connectivity index (χ2v) is 14.9. The summed E-state index contributed by atoms with van der Waals surface area (Å²) in [5, 5.41) is 1.93. The molecule has 0 fully saturated rings. The van der Waals surface area contributed by atoms with E-state index in [4.69, 9.17) is 28.4 Å². The molecule has 6 aromatic carbocycles. The van der Waals surface area contributed by atoms with Crippen molar-refractivity contribution in [1.82, 2.24) is 0 Å². The van der Waals surface area contributed by atoms with Crippen molar-refractivity contribution in [2.75, 3.05) is 26.4 Å². The number of hydrogen-bond acceptors (Lipinski definition) is 6. The van der Waals surface area contributed by atoms with E-state index in [-0.39, 0.29) is 0 Å². The van der Waals surface area contributed by atoms with Crippen LogP contribution in [0.15, 0.2) is 133 Å². The number of hydrogen-bond donors (Lipinski definition) is 0. The molecule has 2 aliphatic heterocycles. The van der Waals surface area contributed by atoms with Crippen LogP contribution in [0.3, 0.4) is 0 Å². The zero-order valence-corrected chi connectivity index (χ0v) is 34.0. The van der Waals surface area contributed by atoms with Crippen LogP contribution in [0.2, 0.25) is 0 Å². The molecule has 6 nitrogen and oxygen atoms in total. The van der Waals surface area contributed by atoms with Gasteiger partial charge >= 0.3 is 0 Å². The minimum Gasteiger partial charge on any atom is -0.494 e. The number of benzene rings is 6. The second-order valence-electron chi connectivity index (χ2n) is 14.9. The quantitative estimate of drug-likeness (QED) is 0.0976. The third-order valence-electron chi connectivity index (χ3n) is 10.7. The Balaban J connectivity index is 1.26. The van der Waals surface area contributed by atoms with Crippen molar-refractivity contribution >= 4 is 22.9 Å². The van der Waals surface area contributed by atoms with Crippen LogP contribution in [-0.2, 0) is 11.2 Å². The lowest BCUT2D eigenvalue weighted by molar-refractivity contribution is 0.157. The van der Waals surface area contributed by atoms with Crippen LogP contribution >= 0.6 is 0 Å². The van der Waals surface area contributed by atoms with E-state index in [1.807, 2.05) is 48.5 Å². The van der Waals surface area contributed by atoms with Gasteiger partial charge in [0.15, 0.2) is 11.2 Å². The van der Waals surface area contributed by atoms with Crippen molar-refractivity contribution < 1.29 is 28.4 Å². The van der Waals surface area contributed by atoms with Crippen LogP contribution in [-0.4, -0.2) is 26.4 Å². The molecule has 0 N–H and O–H groups in total. The van der Waals surface area contributed by atoms with Gasteiger partial charge in [0.25, 0.3) is 0 Å². The Morgan fingerprint density at radius 1 is 0.379 bits per heavy atom. The molecule has 6 aromatic rings. The Bertz CT molecular complexity index is 2100. The Hall–Kier alpha value is -6.14. The van der Waals surface area contributed by atoms with Crippen LogP contribution in [0.4, 0.5) is 0 Å². The molecular formula is C52H52O6.